The van der Waals surface area contributed by atoms with Gasteiger partial charge in [-0.25, -0.2) is 13.5 Å². The second-order valence-electron chi connectivity index (χ2n) is 6.80. The molecule has 0 aliphatic carbocycles. The summed E-state index contributed by atoms with van der Waals surface area (Å²) in [5.74, 6) is 0.583. The predicted molar refractivity (Wildman–Crippen MR) is 112 cm³/mol. The van der Waals surface area contributed by atoms with Crippen LogP contribution in [0.5, 0.6) is 0 Å². The first kappa shape index (κ1) is 20.9. The standard InChI is InChI=1S/C19H22N4O5S2/c24-18-5-3-16(20-21-18)17-4-6-19(29-17)30(25,26)23(14-15-2-1-11-28-15)8-7-22-9-12-27-13-10-22/h1-6,11H,7-10,12-14H2,(H,21,24). The van der Waals surface area contributed by atoms with Crippen molar-refractivity contribution in [3.63, 3.8) is 0 Å². The normalized spacial score (nSPS) is 15.6. The van der Waals surface area contributed by atoms with Crippen LogP contribution in [0, 0.1) is 0 Å². The Morgan fingerprint density at radius 3 is 2.70 bits per heavy atom. The number of furan rings is 1. The summed E-state index contributed by atoms with van der Waals surface area (Å²) in [5, 5.41) is 6.35. The average molecular weight is 451 g/mol. The van der Waals surface area contributed by atoms with Crippen LogP contribution >= 0.6 is 11.3 Å². The molecule has 0 unspecified atom stereocenters. The van der Waals surface area contributed by atoms with Gasteiger partial charge < -0.3 is 9.15 Å². The molecule has 9 nitrogen and oxygen atoms in total. The molecule has 1 fully saturated rings. The smallest absolute Gasteiger partial charge is 0.264 e. The number of H-pyrrole nitrogens is 1. The molecule has 1 N–H and O–H groups in total. The van der Waals surface area contributed by atoms with Crippen molar-refractivity contribution < 1.29 is 17.6 Å². The van der Waals surface area contributed by atoms with Crippen molar-refractivity contribution in [2.75, 3.05) is 39.4 Å². The fourth-order valence-corrected chi connectivity index (χ4v) is 5.97. The van der Waals surface area contributed by atoms with Crippen LogP contribution in [0.1, 0.15) is 5.76 Å². The average Bonchev–Trinajstić information content (AvgIpc) is 3.45. The first-order valence-corrected chi connectivity index (χ1v) is 11.8. The van der Waals surface area contributed by atoms with Crippen molar-refractivity contribution >= 4 is 21.4 Å². The van der Waals surface area contributed by atoms with Crippen molar-refractivity contribution in [1.29, 1.82) is 0 Å². The van der Waals surface area contributed by atoms with E-state index < -0.39 is 10.0 Å². The lowest BCUT2D eigenvalue weighted by Crippen LogP contribution is -2.42. The van der Waals surface area contributed by atoms with Gasteiger partial charge in [0.25, 0.3) is 15.6 Å². The summed E-state index contributed by atoms with van der Waals surface area (Å²) in [6.07, 6.45) is 1.53. The lowest BCUT2D eigenvalue weighted by atomic mass is 10.3. The highest BCUT2D eigenvalue weighted by atomic mass is 32.2. The predicted octanol–water partition coefficient (Wildman–Crippen LogP) is 1.61. The third-order valence-corrected chi connectivity index (χ3v) is 8.21. The van der Waals surface area contributed by atoms with Gasteiger partial charge >= 0.3 is 0 Å². The third kappa shape index (κ3) is 4.87. The molecule has 0 bridgehead atoms. The van der Waals surface area contributed by atoms with Crippen molar-refractivity contribution in [1.82, 2.24) is 19.4 Å². The lowest BCUT2D eigenvalue weighted by molar-refractivity contribution is 0.0360. The summed E-state index contributed by atoms with van der Waals surface area (Å²) >= 11 is 1.12. The summed E-state index contributed by atoms with van der Waals surface area (Å²) in [5.41, 5.74) is 0.211. The molecule has 0 saturated carbocycles. The van der Waals surface area contributed by atoms with E-state index in [2.05, 4.69) is 15.1 Å². The first-order valence-electron chi connectivity index (χ1n) is 9.51. The zero-order chi connectivity index (χ0) is 21.0. The first-order chi connectivity index (χ1) is 14.5. The van der Waals surface area contributed by atoms with E-state index in [1.807, 2.05) is 0 Å². The van der Waals surface area contributed by atoms with Crippen LogP contribution in [0.25, 0.3) is 10.6 Å². The second-order valence-corrected chi connectivity index (χ2v) is 10.0. The molecule has 1 saturated heterocycles. The fourth-order valence-electron chi connectivity index (χ4n) is 3.14. The highest BCUT2D eigenvalue weighted by Gasteiger charge is 2.28. The number of morpholine rings is 1. The monoisotopic (exact) mass is 450 g/mol. The summed E-state index contributed by atoms with van der Waals surface area (Å²) in [7, 11) is -3.74. The van der Waals surface area contributed by atoms with Gasteiger partial charge in [-0.2, -0.15) is 9.40 Å². The Hall–Kier alpha value is -2.31. The van der Waals surface area contributed by atoms with E-state index >= 15 is 0 Å². The van der Waals surface area contributed by atoms with Gasteiger partial charge in [0.05, 0.1) is 30.9 Å². The molecule has 1 aliphatic heterocycles. The number of nitrogens with one attached hydrogen (secondary N) is 1. The molecule has 0 amide bonds. The van der Waals surface area contributed by atoms with E-state index in [1.54, 1.807) is 30.3 Å². The molecule has 0 aromatic carbocycles. The Kier molecular flexibility index (Phi) is 6.44. The van der Waals surface area contributed by atoms with Crippen LogP contribution in [-0.2, 0) is 21.3 Å². The fraction of sp³-hybridized carbons (Fsp3) is 0.368. The topological polar surface area (TPSA) is 109 Å². The third-order valence-electron chi connectivity index (χ3n) is 4.79. The zero-order valence-corrected chi connectivity index (χ0v) is 17.8. The maximum atomic E-state index is 13.4. The van der Waals surface area contributed by atoms with Crippen molar-refractivity contribution in [2.45, 2.75) is 10.8 Å². The quantitative estimate of drug-likeness (QED) is 0.555. The number of hydrogen-bond acceptors (Lipinski definition) is 8. The number of hydrogen-bond donors (Lipinski definition) is 1. The van der Waals surface area contributed by atoms with Crippen molar-refractivity contribution in [3.05, 3.63) is 58.8 Å². The second kappa shape index (κ2) is 9.23. The van der Waals surface area contributed by atoms with Crippen molar-refractivity contribution in [3.8, 4) is 10.6 Å². The van der Waals surface area contributed by atoms with E-state index in [0.717, 1.165) is 24.4 Å². The summed E-state index contributed by atoms with van der Waals surface area (Å²) in [6.45, 7) is 4.00. The van der Waals surface area contributed by atoms with Gasteiger partial charge in [-0.1, -0.05) is 0 Å². The van der Waals surface area contributed by atoms with Gasteiger partial charge in [-0.05, 0) is 30.3 Å². The molecule has 0 radical (unpaired) electrons. The van der Waals surface area contributed by atoms with Gasteiger partial charge in [-0.3, -0.25) is 9.69 Å². The van der Waals surface area contributed by atoms with Gasteiger partial charge in [0.1, 0.15) is 15.7 Å². The SMILES string of the molecule is O=c1ccc(-c2ccc(S(=O)(=O)N(CCN3CCOCC3)Cc3ccco3)s2)n[nH]1. The summed E-state index contributed by atoms with van der Waals surface area (Å²) < 4.78 is 39.2. The van der Waals surface area contributed by atoms with E-state index in [1.165, 1.54) is 16.6 Å². The molecule has 3 aromatic rings. The molecule has 0 spiro atoms. The number of ether oxygens (including phenoxy) is 1. The molecule has 4 heterocycles. The Bertz CT molecular complexity index is 1100. The van der Waals surface area contributed by atoms with Gasteiger partial charge in [0.15, 0.2) is 0 Å². The minimum atomic E-state index is -3.74. The Labute approximate surface area is 177 Å². The highest BCUT2D eigenvalue weighted by molar-refractivity contribution is 7.91. The minimum absolute atomic E-state index is 0.157. The number of rotatable bonds is 8. The zero-order valence-electron chi connectivity index (χ0n) is 16.2. The molecule has 160 valence electrons. The van der Waals surface area contributed by atoms with Gasteiger partial charge in [0, 0.05) is 32.2 Å². The van der Waals surface area contributed by atoms with Crippen LogP contribution in [0.15, 0.2) is 56.1 Å². The van der Waals surface area contributed by atoms with Gasteiger partial charge in [0.2, 0.25) is 0 Å². The van der Waals surface area contributed by atoms with Crippen LogP contribution < -0.4 is 5.56 Å². The minimum Gasteiger partial charge on any atom is -0.468 e. The Balaban J connectivity index is 1.56. The number of aromatic amines is 1. The van der Waals surface area contributed by atoms with E-state index in [9.17, 15) is 13.2 Å². The molecule has 4 rings (SSSR count). The van der Waals surface area contributed by atoms with E-state index in [4.69, 9.17) is 9.15 Å². The van der Waals surface area contributed by atoms with Crippen molar-refractivity contribution in [2.24, 2.45) is 0 Å². The highest BCUT2D eigenvalue weighted by Crippen LogP contribution is 2.31. The molecule has 30 heavy (non-hydrogen) atoms. The molecule has 3 aromatic heterocycles. The maximum absolute atomic E-state index is 13.4. The number of sulfonamides is 1. The van der Waals surface area contributed by atoms with E-state index in [-0.39, 0.29) is 16.3 Å². The molecule has 11 heteroatoms. The van der Waals surface area contributed by atoms with Crippen LogP contribution in [-0.4, -0.2) is 67.2 Å². The number of thiophene rings is 1. The van der Waals surface area contributed by atoms with Crippen LogP contribution in [0.3, 0.4) is 0 Å². The Morgan fingerprint density at radius 1 is 1.17 bits per heavy atom. The maximum Gasteiger partial charge on any atom is 0.264 e. The summed E-state index contributed by atoms with van der Waals surface area (Å²) in [4.78, 5) is 14.1. The largest absolute Gasteiger partial charge is 0.468 e. The molecule has 1 aliphatic rings. The summed E-state index contributed by atoms with van der Waals surface area (Å²) in [6, 6.07) is 9.72. The van der Waals surface area contributed by atoms with Crippen LogP contribution in [0.2, 0.25) is 0 Å². The number of nitrogens with zero attached hydrogens (tertiary/aromatic N) is 3. The molecule has 0 atom stereocenters. The molecular weight excluding hydrogens is 428 g/mol. The molecular formula is C19H22N4O5S2. The van der Waals surface area contributed by atoms with Crippen LogP contribution in [0.4, 0.5) is 0 Å². The number of aromatic nitrogens is 2. The Morgan fingerprint density at radius 2 is 2.00 bits per heavy atom. The van der Waals surface area contributed by atoms with Gasteiger partial charge in [-0.15, -0.1) is 11.3 Å². The van der Waals surface area contributed by atoms with E-state index in [0.29, 0.717) is 42.6 Å². The lowest BCUT2D eigenvalue weighted by Gasteiger charge is -2.29.